The molecule has 3 heteroatoms. The van der Waals surface area contributed by atoms with E-state index < -0.39 is 0 Å². The van der Waals surface area contributed by atoms with Crippen molar-refractivity contribution >= 4 is 10.9 Å². The molecule has 1 aromatic carbocycles. The van der Waals surface area contributed by atoms with Crippen molar-refractivity contribution in [3.8, 4) is 0 Å². The Bertz CT molecular complexity index is 684. The Kier molecular flexibility index (Phi) is 3.03. The lowest BCUT2D eigenvalue weighted by atomic mass is 10.0. The van der Waals surface area contributed by atoms with Crippen LogP contribution >= 0.6 is 0 Å². The summed E-state index contributed by atoms with van der Waals surface area (Å²) in [5, 5.41) is 5.68. The Morgan fingerprint density at radius 3 is 2.79 bits per heavy atom. The van der Waals surface area contributed by atoms with Gasteiger partial charge in [0.1, 0.15) is 0 Å². The molecular weight excluding hydrogens is 234 g/mol. The molecule has 96 valence electrons. The molecule has 0 atom stereocenters. The highest BCUT2D eigenvalue weighted by atomic mass is 15.3. The molecule has 3 rings (SSSR count). The monoisotopic (exact) mass is 251 g/mol. The minimum Gasteiger partial charge on any atom is -0.264 e. The van der Waals surface area contributed by atoms with E-state index in [1.807, 2.05) is 23.1 Å². The number of fused-ring (bicyclic) bond motifs is 1. The summed E-state index contributed by atoms with van der Waals surface area (Å²) in [6, 6.07) is 10.6. The summed E-state index contributed by atoms with van der Waals surface area (Å²) in [4.78, 5) is 4.14. The van der Waals surface area contributed by atoms with E-state index in [9.17, 15) is 0 Å². The van der Waals surface area contributed by atoms with Crippen LogP contribution in [0.4, 0.5) is 0 Å². The summed E-state index contributed by atoms with van der Waals surface area (Å²) in [7, 11) is 0. The molecule has 0 saturated heterocycles. The molecule has 0 fully saturated rings. The molecule has 0 aliphatic rings. The molecule has 0 spiro atoms. The topological polar surface area (TPSA) is 30.7 Å². The predicted octanol–water partition coefficient (Wildman–Crippen LogP) is 3.60. The molecule has 0 aliphatic carbocycles. The van der Waals surface area contributed by atoms with Crippen LogP contribution in [0.2, 0.25) is 0 Å². The van der Waals surface area contributed by atoms with Crippen molar-refractivity contribution in [2.24, 2.45) is 0 Å². The highest BCUT2D eigenvalue weighted by molar-refractivity contribution is 5.79. The van der Waals surface area contributed by atoms with Crippen molar-refractivity contribution in [1.29, 1.82) is 0 Å². The van der Waals surface area contributed by atoms with Gasteiger partial charge in [0.25, 0.3) is 0 Å². The van der Waals surface area contributed by atoms with Crippen LogP contribution in [-0.4, -0.2) is 14.8 Å². The third kappa shape index (κ3) is 2.36. The van der Waals surface area contributed by atoms with E-state index in [-0.39, 0.29) is 0 Å². The summed E-state index contributed by atoms with van der Waals surface area (Å²) < 4.78 is 2.02. The minimum absolute atomic E-state index is 0.547. The van der Waals surface area contributed by atoms with Gasteiger partial charge in [0.05, 0.1) is 18.3 Å². The maximum Gasteiger partial charge on any atom is 0.0686 e. The summed E-state index contributed by atoms with van der Waals surface area (Å²) >= 11 is 0. The van der Waals surface area contributed by atoms with Crippen LogP contribution in [0, 0.1) is 0 Å². The van der Waals surface area contributed by atoms with Crippen molar-refractivity contribution in [2.45, 2.75) is 26.3 Å². The second kappa shape index (κ2) is 4.84. The van der Waals surface area contributed by atoms with Gasteiger partial charge in [-0.2, -0.15) is 5.10 Å². The molecule has 2 heterocycles. The van der Waals surface area contributed by atoms with Crippen LogP contribution < -0.4 is 0 Å². The van der Waals surface area contributed by atoms with E-state index in [1.165, 1.54) is 22.0 Å². The number of nitrogens with zero attached hydrogens (tertiary/aromatic N) is 3. The zero-order chi connectivity index (χ0) is 13.2. The van der Waals surface area contributed by atoms with Crippen LogP contribution in [0.15, 0.2) is 48.9 Å². The van der Waals surface area contributed by atoms with Gasteiger partial charge in [0.2, 0.25) is 0 Å². The third-order valence-corrected chi connectivity index (χ3v) is 3.39. The largest absolute Gasteiger partial charge is 0.264 e. The fourth-order valence-corrected chi connectivity index (χ4v) is 2.26. The highest BCUT2D eigenvalue weighted by Crippen LogP contribution is 2.21. The van der Waals surface area contributed by atoms with Crippen molar-refractivity contribution in [2.75, 3.05) is 0 Å². The van der Waals surface area contributed by atoms with Crippen molar-refractivity contribution in [3.63, 3.8) is 0 Å². The van der Waals surface area contributed by atoms with Crippen molar-refractivity contribution < 1.29 is 0 Å². The summed E-state index contributed by atoms with van der Waals surface area (Å²) in [5.41, 5.74) is 3.70. The quantitative estimate of drug-likeness (QED) is 0.712. The van der Waals surface area contributed by atoms with Crippen molar-refractivity contribution in [1.82, 2.24) is 14.8 Å². The number of aromatic nitrogens is 3. The van der Waals surface area contributed by atoms with Gasteiger partial charge in [-0.3, -0.25) is 9.67 Å². The van der Waals surface area contributed by atoms with Gasteiger partial charge in [-0.05, 0) is 35.2 Å². The second-order valence-electron chi connectivity index (χ2n) is 5.14. The van der Waals surface area contributed by atoms with E-state index in [0.29, 0.717) is 5.92 Å². The molecular formula is C16H17N3. The zero-order valence-corrected chi connectivity index (χ0v) is 11.2. The van der Waals surface area contributed by atoms with E-state index in [0.717, 1.165) is 6.54 Å². The highest BCUT2D eigenvalue weighted by Gasteiger charge is 2.06. The second-order valence-corrected chi connectivity index (χ2v) is 5.14. The molecule has 19 heavy (non-hydrogen) atoms. The van der Waals surface area contributed by atoms with Gasteiger partial charge in [-0.15, -0.1) is 0 Å². The minimum atomic E-state index is 0.547. The smallest absolute Gasteiger partial charge is 0.0686 e. The van der Waals surface area contributed by atoms with Gasteiger partial charge in [-0.25, -0.2) is 0 Å². The van der Waals surface area contributed by atoms with Gasteiger partial charge < -0.3 is 0 Å². The number of rotatable bonds is 3. The lowest BCUT2D eigenvalue weighted by Crippen LogP contribution is -2.01. The molecule has 3 nitrogen and oxygen atoms in total. The molecule has 0 amide bonds. The molecule has 3 aromatic rings. The Morgan fingerprint density at radius 1 is 1.16 bits per heavy atom. The van der Waals surface area contributed by atoms with Crippen LogP contribution in [0.5, 0.6) is 0 Å². The Labute approximate surface area is 112 Å². The molecule has 2 aromatic heterocycles. The van der Waals surface area contributed by atoms with Gasteiger partial charge >= 0.3 is 0 Å². The summed E-state index contributed by atoms with van der Waals surface area (Å²) in [5.74, 6) is 0.547. The number of hydrogen-bond acceptors (Lipinski definition) is 2. The van der Waals surface area contributed by atoms with Gasteiger partial charge in [0.15, 0.2) is 0 Å². The van der Waals surface area contributed by atoms with Crippen LogP contribution in [0.25, 0.3) is 10.9 Å². The Morgan fingerprint density at radius 2 is 2.05 bits per heavy atom. The molecule has 0 bridgehead atoms. The molecule has 0 radical (unpaired) electrons. The maximum atomic E-state index is 4.48. The fourth-order valence-electron chi connectivity index (χ4n) is 2.26. The summed E-state index contributed by atoms with van der Waals surface area (Å²) in [6.07, 6.45) is 5.62. The Hall–Kier alpha value is -2.16. The molecule has 0 N–H and O–H groups in total. The zero-order valence-electron chi connectivity index (χ0n) is 11.2. The average molecular weight is 251 g/mol. The first-order valence-electron chi connectivity index (χ1n) is 6.58. The average Bonchev–Trinajstić information content (AvgIpc) is 2.82. The third-order valence-electron chi connectivity index (χ3n) is 3.39. The lowest BCUT2D eigenvalue weighted by molar-refractivity contribution is 0.709. The molecule has 0 unspecified atom stereocenters. The maximum absolute atomic E-state index is 4.48. The van der Waals surface area contributed by atoms with E-state index >= 15 is 0 Å². The van der Waals surface area contributed by atoms with Crippen LogP contribution in [0.3, 0.4) is 0 Å². The first-order valence-corrected chi connectivity index (χ1v) is 6.58. The predicted molar refractivity (Wildman–Crippen MR) is 77.2 cm³/mol. The van der Waals surface area contributed by atoms with Crippen LogP contribution in [0.1, 0.15) is 30.9 Å². The SMILES string of the molecule is CC(C)c1ccc2c(cnn2Cc2cccnc2)c1. The first-order chi connectivity index (χ1) is 9.24. The van der Waals surface area contributed by atoms with E-state index in [2.05, 4.69) is 48.2 Å². The summed E-state index contributed by atoms with van der Waals surface area (Å²) in [6.45, 7) is 5.18. The number of hydrogen-bond donors (Lipinski definition) is 0. The van der Waals surface area contributed by atoms with Crippen LogP contribution in [-0.2, 0) is 6.54 Å². The standard InChI is InChI=1S/C16H17N3/c1-12(2)14-5-6-16-15(8-14)10-18-19(16)11-13-4-3-7-17-9-13/h3-10,12H,11H2,1-2H3. The van der Waals surface area contributed by atoms with Gasteiger partial charge in [-0.1, -0.05) is 26.0 Å². The Balaban J connectivity index is 1.97. The van der Waals surface area contributed by atoms with Gasteiger partial charge in [0, 0.05) is 17.8 Å². The lowest BCUT2D eigenvalue weighted by Gasteiger charge is -2.06. The van der Waals surface area contributed by atoms with Crippen molar-refractivity contribution in [3.05, 3.63) is 60.0 Å². The normalized spacial score (nSPS) is 11.3. The van der Waals surface area contributed by atoms with E-state index in [4.69, 9.17) is 0 Å². The molecule has 0 aliphatic heterocycles. The number of pyridine rings is 1. The van der Waals surface area contributed by atoms with E-state index in [1.54, 1.807) is 6.20 Å². The fraction of sp³-hybridized carbons (Fsp3) is 0.250. The molecule has 0 saturated carbocycles. The number of benzene rings is 1. The first kappa shape index (κ1) is 11.9.